The Labute approximate surface area is 236 Å². The summed E-state index contributed by atoms with van der Waals surface area (Å²) < 4.78 is 0. The van der Waals surface area contributed by atoms with Crippen LogP contribution in [0.2, 0.25) is 0 Å². The van der Waals surface area contributed by atoms with Crippen molar-refractivity contribution < 1.29 is 4.79 Å². The lowest BCUT2D eigenvalue weighted by Crippen LogP contribution is -2.50. The van der Waals surface area contributed by atoms with Crippen molar-refractivity contribution in [3.63, 3.8) is 0 Å². The van der Waals surface area contributed by atoms with Crippen molar-refractivity contribution >= 4 is 32.8 Å². The summed E-state index contributed by atoms with van der Waals surface area (Å²) in [7, 11) is 0. The third-order valence-electron chi connectivity index (χ3n) is 11.5. The van der Waals surface area contributed by atoms with Gasteiger partial charge >= 0.3 is 0 Å². The second-order valence-corrected chi connectivity index (χ2v) is 16.0. The second-order valence-electron chi connectivity index (χ2n) is 13.5. The topological polar surface area (TPSA) is 17.1 Å². The van der Waals surface area contributed by atoms with Crippen LogP contribution in [0.1, 0.15) is 143 Å². The zero-order valence-electron chi connectivity index (χ0n) is 24.0. The van der Waals surface area contributed by atoms with Gasteiger partial charge in [0.05, 0.1) is 4.83 Å². The molecule has 0 spiro atoms. The van der Waals surface area contributed by atoms with E-state index >= 15 is 0 Å². The largest absolute Gasteiger partial charge is 0.286 e. The standard InChI is InChI=1S/C33H55BrOS/c1-5-7-9-10-11-12-13-24-16-18-28-27-17-15-25-23-26(36-31(35)30(34)14-8-6-2)19-21-33(25,4)29(27)20-22-32(24,28)3/h15,24,26-30H,5-14,16-23H2,1-4H3/t24-,26-,27-,28-,29-,30+,32+,33-/m0/s1. The number of unbranched alkanes of at least 4 members (excludes halogenated alkanes) is 6. The minimum atomic E-state index is 0.0446. The molecule has 0 aromatic rings. The molecule has 0 unspecified atom stereocenters. The third-order valence-corrected chi connectivity index (χ3v) is 13.9. The van der Waals surface area contributed by atoms with Crippen molar-refractivity contribution in [2.24, 2.45) is 34.5 Å². The van der Waals surface area contributed by atoms with E-state index in [0.29, 0.717) is 21.2 Å². The van der Waals surface area contributed by atoms with Gasteiger partial charge in [-0.25, -0.2) is 0 Å². The molecule has 0 aromatic carbocycles. The molecule has 0 heterocycles. The highest BCUT2D eigenvalue weighted by atomic mass is 79.9. The number of allylic oxidation sites excluding steroid dienone is 2. The summed E-state index contributed by atoms with van der Waals surface area (Å²) in [4.78, 5) is 12.9. The fraction of sp³-hybridized carbons (Fsp3) is 0.909. The van der Waals surface area contributed by atoms with Crippen molar-refractivity contribution in [1.29, 1.82) is 0 Å². The van der Waals surface area contributed by atoms with Gasteiger partial charge in [-0.15, -0.1) is 0 Å². The van der Waals surface area contributed by atoms with Gasteiger partial charge in [0.15, 0.2) is 0 Å². The first-order valence-electron chi connectivity index (χ1n) is 15.9. The fourth-order valence-corrected chi connectivity index (χ4v) is 11.0. The van der Waals surface area contributed by atoms with Crippen LogP contribution in [0.25, 0.3) is 0 Å². The number of carbonyl (C=O) groups excluding carboxylic acids is 1. The zero-order valence-corrected chi connectivity index (χ0v) is 26.4. The van der Waals surface area contributed by atoms with Gasteiger partial charge in [0.25, 0.3) is 0 Å². The molecule has 206 valence electrons. The fourth-order valence-electron chi connectivity index (χ4n) is 9.22. The number of alkyl halides is 1. The minimum absolute atomic E-state index is 0.0446. The van der Waals surface area contributed by atoms with E-state index in [1.807, 2.05) is 0 Å². The molecule has 8 atom stereocenters. The summed E-state index contributed by atoms with van der Waals surface area (Å²) in [6.45, 7) is 9.85. The monoisotopic (exact) mass is 578 g/mol. The van der Waals surface area contributed by atoms with E-state index in [2.05, 4.69) is 49.7 Å². The van der Waals surface area contributed by atoms with Crippen LogP contribution in [0.15, 0.2) is 11.6 Å². The van der Waals surface area contributed by atoms with Crippen molar-refractivity contribution in [2.45, 2.75) is 153 Å². The van der Waals surface area contributed by atoms with Crippen LogP contribution >= 0.6 is 27.7 Å². The Bertz CT molecular complexity index is 763. The van der Waals surface area contributed by atoms with Gasteiger partial charge in [-0.05, 0) is 98.7 Å². The van der Waals surface area contributed by atoms with E-state index < -0.39 is 0 Å². The maximum atomic E-state index is 12.8. The summed E-state index contributed by atoms with van der Waals surface area (Å²) in [6.07, 6.45) is 27.0. The second kappa shape index (κ2) is 13.1. The Morgan fingerprint density at radius 3 is 2.50 bits per heavy atom. The van der Waals surface area contributed by atoms with Gasteiger partial charge in [-0.3, -0.25) is 4.79 Å². The maximum absolute atomic E-state index is 12.8. The van der Waals surface area contributed by atoms with Gasteiger partial charge in [0.2, 0.25) is 5.12 Å². The molecule has 0 aliphatic heterocycles. The van der Waals surface area contributed by atoms with Crippen molar-refractivity contribution in [1.82, 2.24) is 0 Å². The van der Waals surface area contributed by atoms with E-state index in [4.69, 9.17) is 0 Å². The zero-order chi connectivity index (χ0) is 25.8. The summed E-state index contributed by atoms with van der Waals surface area (Å²) in [5.74, 6) is 3.74. The van der Waals surface area contributed by atoms with Crippen LogP contribution in [0, 0.1) is 34.5 Å². The average molecular weight is 580 g/mol. The molecule has 4 aliphatic rings. The van der Waals surface area contributed by atoms with Crippen LogP contribution in [-0.4, -0.2) is 15.2 Å². The predicted octanol–water partition coefficient (Wildman–Crippen LogP) is 10.9. The molecule has 0 amide bonds. The Kier molecular flexibility index (Phi) is 10.6. The predicted molar refractivity (Wildman–Crippen MR) is 162 cm³/mol. The molecule has 3 heteroatoms. The molecule has 3 saturated carbocycles. The van der Waals surface area contributed by atoms with Gasteiger partial charge in [-0.2, -0.15) is 0 Å². The van der Waals surface area contributed by atoms with Crippen molar-refractivity contribution in [3.05, 3.63) is 11.6 Å². The van der Waals surface area contributed by atoms with Crippen LogP contribution in [-0.2, 0) is 4.79 Å². The molecule has 0 aromatic heterocycles. The molecule has 0 N–H and O–H groups in total. The summed E-state index contributed by atoms with van der Waals surface area (Å²) >= 11 is 5.34. The molecule has 0 radical (unpaired) electrons. The third kappa shape index (κ3) is 6.18. The molecule has 0 saturated heterocycles. The summed E-state index contributed by atoms with van der Waals surface area (Å²) in [5.41, 5.74) is 2.73. The van der Waals surface area contributed by atoms with Gasteiger partial charge in [0.1, 0.15) is 0 Å². The quantitative estimate of drug-likeness (QED) is 0.130. The number of hydrogen-bond acceptors (Lipinski definition) is 2. The summed E-state index contributed by atoms with van der Waals surface area (Å²) in [5, 5.41) is 0.874. The number of rotatable bonds is 12. The van der Waals surface area contributed by atoms with E-state index in [1.54, 1.807) is 17.3 Å². The summed E-state index contributed by atoms with van der Waals surface area (Å²) in [6, 6.07) is 0. The molecule has 36 heavy (non-hydrogen) atoms. The number of hydrogen-bond donors (Lipinski definition) is 0. The normalized spacial score (nSPS) is 38.6. The van der Waals surface area contributed by atoms with E-state index in [-0.39, 0.29) is 4.83 Å². The first kappa shape index (κ1) is 29.2. The van der Waals surface area contributed by atoms with Gasteiger partial charge < -0.3 is 0 Å². The van der Waals surface area contributed by atoms with Crippen LogP contribution < -0.4 is 0 Å². The highest BCUT2D eigenvalue weighted by molar-refractivity contribution is 9.10. The lowest BCUT2D eigenvalue weighted by Gasteiger charge is -2.58. The molecule has 1 nitrogen and oxygen atoms in total. The van der Waals surface area contributed by atoms with Gasteiger partial charge in [-0.1, -0.05) is 118 Å². The maximum Gasteiger partial charge on any atom is 0.202 e. The van der Waals surface area contributed by atoms with Crippen LogP contribution in [0.3, 0.4) is 0 Å². The highest BCUT2D eigenvalue weighted by Crippen LogP contribution is 2.67. The average Bonchev–Trinajstić information content (AvgIpc) is 3.21. The van der Waals surface area contributed by atoms with Crippen molar-refractivity contribution in [2.75, 3.05) is 0 Å². The molecule has 0 bridgehead atoms. The molecular formula is C33H55BrOS. The molecule has 4 aliphatic carbocycles. The molecular weight excluding hydrogens is 524 g/mol. The van der Waals surface area contributed by atoms with E-state index in [0.717, 1.165) is 49.4 Å². The number of carbonyl (C=O) groups is 1. The van der Waals surface area contributed by atoms with Crippen LogP contribution in [0.4, 0.5) is 0 Å². The first-order valence-corrected chi connectivity index (χ1v) is 17.7. The van der Waals surface area contributed by atoms with Crippen molar-refractivity contribution in [3.8, 4) is 0 Å². The lowest BCUT2D eigenvalue weighted by atomic mass is 9.47. The Hall–Kier alpha value is 0.240. The number of halogens is 1. The highest BCUT2D eigenvalue weighted by Gasteiger charge is 2.58. The lowest BCUT2D eigenvalue weighted by molar-refractivity contribution is -0.110. The van der Waals surface area contributed by atoms with E-state index in [9.17, 15) is 4.79 Å². The smallest absolute Gasteiger partial charge is 0.202 e. The number of fused-ring (bicyclic) bond motifs is 5. The van der Waals surface area contributed by atoms with Crippen LogP contribution in [0.5, 0.6) is 0 Å². The molecule has 3 fully saturated rings. The number of thioether (sulfide) groups is 1. The Balaban J connectivity index is 1.34. The Morgan fingerprint density at radius 2 is 1.72 bits per heavy atom. The van der Waals surface area contributed by atoms with E-state index in [1.165, 1.54) is 89.9 Å². The SMILES string of the molecule is CCCCCCCC[C@H]1CC[C@H]2[C@@H]3CC=C4C[C@@H](SC(=O)[C@H](Br)CCCC)CC[C@]4(C)[C@H]3CC[C@]12C. The Morgan fingerprint density at radius 1 is 0.972 bits per heavy atom. The first-order chi connectivity index (χ1) is 17.3. The van der Waals surface area contributed by atoms with Gasteiger partial charge in [0, 0.05) is 5.25 Å². The minimum Gasteiger partial charge on any atom is -0.286 e. The molecule has 4 rings (SSSR count).